The van der Waals surface area contributed by atoms with Crippen molar-refractivity contribution >= 4 is 11.8 Å². The first-order chi connectivity index (χ1) is 13.2. The molecule has 2 bridgehead atoms. The van der Waals surface area contributed by atoms with Crippen molar-refractivity contribution in [2.45, 2.75) is 38.7 Å². The van der Waals surface area contributed by atoms with Crippen molar-refractivity contribution in [1.82, 2.24) is 0 Å². The number of fused-ring (bicyclic) bond motifs is 2. The van der Waals surface area contributed by atoms with Crippen molar-refractivity contribution in [3.63, 3.8) is 0 Å². The van der Waals surface area contributed by atoms with Crippen LogP contribution >= 0.6 is 0 Å². The minimum atomic E-state index is -0.186. The third-order valence-electron chi connectivity index (χ3n) is 5.69. The average molecular weight is 364 g/mol. The molecule has 0 spiro atoms. The molecule has 2 aliphatic carbocycles. The Morgan fingerprint density at radius 2 is 1.59 bits per heavy atom. The van der Waals surface area contributed by atoms with Crippen LogP contribution in [0.4, 0.5) is 0 Å². The van der Waals surface area contributed by atoms with Crippen molar-refractivity contribution < 1.29 is 19.1 Å². The number of para-hydroxylation sites is 2. The van der Waals surface area contributed by atoms with Crippen LogP contribution < -0.4 is 4.74 Å². The SMILES string of the molecule is O=C(OCc1ccccc1Oc1ccccc1)C1C[C@H]2CCC[C@@H](C1)C2=O. The van der Waals surface area contributed by atoms with Gasteiger partial charge in [-0.05, 0) is 43.9 Å². The predicted molar refractivity (Wildman–Crippen MR) is 101 cm³/mol. The number of hydrogen-bond donors (Lipinski definition) is 0. The van der Waals surface area contributed by atoms with Gasteiger partial charge in [0.05, 0.1) is 5.92 Å². The van der Waals surface area contributed by atoms with Crippen molar-refractivity contribution in [3.8, 4) is 11.5 Å². The number of Topliss-reactive ketones (excluding diaryl/α,β-unsaturated/α-hetero) is 1. The van der Waals surface area contributed by atoms with Crippen molar-refractivity contribution in [2.75, 3.05) is 0 Å². The third-order valence-corrected chi connectivity index (χ3v) is 5.69. The topological polar surface area (TPSA) is 52.6 Å². The number of hydrogen-bond acceptors (Lipinski definition) is 4. The highest BCUT2D eigenvalue weighted by molar-refractivity contribution is 5.87. The van der Waals surface area contributed by atoms with E-state index in [0.717, 1.165) is 30.6 Å². The Labute approximate surface area is 159 Å². The summed E-state index contributed by atoms with van der Waals surface area (Å²) in [5.41, 5.74) is 0.835. The second-order valence-corrected chi connectivity index (χ2v) is 7.53. The van der Waals surface area contributed by atoms with Gasteiger partial charge in [-0.3, -0.25) is 9.59 Å². The van der Waals surface area contributed by atoms with Crippen molar-refractivity contribution in [3.05, 3.63) is 60.2 Å². The fourth-order valence-electron chi connectivity index (χ4n) is 4.28. The van der Waals surface area contributed by atoms with E-state index < -0.39 is 0 Å². The first-order valence-electron chi connectivity index (χ1n) is 9.72. The van der Waals surface area contributed by atoms with Crippen LogP contribution in [0, 0.1) is 17.8 Å². The average Bonchev–Trinajstić information content (AvgIpc) is 2.68. The van der Waals surface area contributed by atoms with Crippen LogP contribution in [0.3, 0.4) is 0 Å². The van der Waals surface area contributed by atoms with Gasteiger partial charge in [0.25, 0.3) is 0 Å². The van der Waals surface area contributed by atoms with Crippen LogP contribution in [0.1, 0.15) is 37.7 Å². The molecule has 27 heavy (non-hydrogen) atoms. The Bertz CT molecular complexity index is 798. The highest BCUT2D eigenvalue weighted by atomic mass is 16.5. The van der Waals surface area contributed by atoms with E-state index in [2.05, 4.69) is 0 Å². The van der Waals surface area contributed by atoms with Crippen LogP contribution in [0.2, 0.25) is 0 Å². The predicted octanol–water partition coefficient (Wildman–Crippen LogP) is 4.92. The number of ketones is 1. The summed E-state index contributed by atoms with van der Waals surface area (Å²) in [6, 6.07) is 17.1. The molecule has 0 aliphatic heterocycles. The van der Waals surface area contributed by atoms with Crippen LogP contribution in [0.25, 0.3) is 0 Å². The Hall–Kier alpha value is -2.62. The minimum Gasteiger partial charge on any atom is -0.460 e. The normalized spacial score (nSPS) is 24.3. The number of carbonyl (C=O) groups is 2. The molecule has 0 saturated heterocycles. The fourth-order valence-corrected chi connectivity index (χ4v) is 4.28. The summed E-state index contributed by atoms with van der Waals surface area (Å²) in [6.45, 7) is 0.182. The highest BCUT2D eigenvalue weighted by Gasteiger charge is 2.41. The molecule has 4 heteroatoms. The number of carbonyl (C=O) groups excluding carboxylic acids is 2. The quantitative estimate of drug-likeness (QED) is 0.707. The van der Waals surface area contributed by atoms with Gasteiger partial charge in [-0.2, -0.15) is 0 Å². The summed E-state index contributed by atoms with van der Waals surface area (Å²) in [6.07, 6.45) is 4.25. The molecule has 0 N–H and O–H groups in total. The summed E-state index contributed by atoms with van der Waals surface area (Å²) < 4.78 is 11.5. The first kappa shape index (κ1) is 17.8. The largest absolute Gasteiger partial charge is 0.460 e. The van der Waals surface area contributed by atoms with Crippen LogP contribution in [-0.2, 0) is 20.9 Å². The van der Waals surface area contributed by atoms with Gasteiger partial charge < -0.3 is 9.47 Å². The van der Waals surface area contributed by atoms with Gasteiger partial charge in [-0.25, -0.2) is 0 Å². The molecule has 4 rings (SSSR count). The lowest BCUT2D eigenvalue weighted by molar-refractivity contribution is -0.154. The monoisotopic (exact) mass is 364 g/mol. The van der Waals surface area contributed by atoms with Crippen LogP contribution in [-0.4, -0.2) is 11.8 Å². The lowest BCUT2D eigenvalue weighted by Gasteiger charge is -2.36. The molecule has 3 atom stereocenters. The van der Waals surface area contributed by atoms with Gasteiger partial charge in [-0.1, -0.05) is 42.8 Å². The van der Waals surface area contributed by atoms with Crippen molar-refractivity contribution in [1.29, 1.82) is 0 Å². The third kappa shape index (κ3) is 4.05. The maximum absolute atomic E-state index is 12.6. The molecule has 140 valence electrons. The van der Waals surface area contributed by atoms with Gasteiger partial charge in [-0.15, -0.1) is 0 Å². The minimum absolute atomic E-state index is 0.0590. The second-order valence-electron chi connectivity index (χ2n) is 7.53. The molecule has 2 aromatic carbocycles. The van der Waals surface area contributed by atoms with Crippen LogP contribution in [0.15, 0.2) is 54.6 Å². The molecule has 0 heterocycles. The Balaban J connectivity index is 1.39. The van der Waals surface area contributed by atoms with Gasteiger partial charge in [0.1, 0.15) is 23.9 Å². The molecule has 0 aromatic heterocycles. The molecule has 2 fully saturated rings. The molecule has 2 aliphatic rings. The lowest BCUT2D eigenvalue weighted by Crippen LogP contribution is -2.39. The maximum atomic E-state index is 12.6. The molecule has 2 aromatic rings. The lowest BCUT2D eigenvalue weighted by atomic mass is 9.67. The second kappa shape index (κ2) is 7.95. The summed E-state index contributed by atoms with van der Waals surface area (Å²) in [7, 11) is 0. The molecule has 2 saturated carbocycles. The van der Waals surface area contributed by atoms with E-state index >= 15 is 0 Å². The first-order valence-corrected chi connectivity index (χ1v) is 9.72. The number of benzene rings is 2. The van der Waals surface area contributed by atoms with E-state index in [-0.39, 0.29) is 30.3 Å². The summed E-state index contributed by atoms with van der Waals surface area (Å²) in [5, 5.41) is 0. The zero-order valence-corrected chi connectivity index (χ0v) is 15.3. The Kier molecular flexibility index (Phi) is 5.23. The number of esters is 1. The smallest absolute Gasteiger partial charge is 0.309 e. The molecular weight excluding hydrogens is 340 g/mol. The van der Waals surface area contributed by atoms with Gasteiger partial charge >= 0.3 is 5.97 Å². The van der Waals surface area contributed by atoms with E-state index in [4.69, 9.17) is 9.47 Å². The summed E-state index contributed by atoms with van der Waals surface area (Å²) in [5.74, 6) is 1.58. The standard InChI is InChI=1S/C23H24O4/c24-22-16-8-6-9-17(22)14-19(13-16)23(25)26-15-18-7-4-5-12-21(18)27-20-10-2-1-3-11-20/h1-5,7,10-12,16-17,19H,6,8-9,13-15H2/t16-,17+,19?. The van der Waals surface area contributed by atoms with E-state index in [9.17, 15) is 9.59 Å². The zero-order chi connectivity index (χ0) is 18.6. The van der Waals surface area contributed by atoms with Gasteiger partial charge in [0.2, 0.25) is 0 Å². The fraction of sp³-hybridized carbons (Fsp3) is 0.391. The maximum Gasteiger partial charge on any atom is 0.309 e. The summed E-state index contributed by atoms with van der Waals surface area (Å²) in [4.78, 5) is 24.8. The number of ether oxygens (including phenoxy) is 2. The van der Waals surface area contributed by atoms with E-state index in [1.54, 1.807) is 0 Å². The van der Waals surface area contributed by atoms with Crippen molar-refractivity contribution in [2.24, 2.45) is 17.8 Å². The Morgan fingerprint density at radius 3 is 2.33 bits per heavy atom. The molecule has 1 unspecified atom stereocenters. The van der Waals surface area contributed by atoms with Gasteiger partial charge in [0.15, 0.2) is 0 Å². The molecule has 4 nitrogen and oxygen atoms in total. The molecular formula is C23H24O4. The van der Waals surface area contributed by atoms with E-state index in [0.29, 0.717) is 24.4 Å². The van der Waals surface area contributed by atoms with E-state index in [1.807, 2.05) is 54.6 Å². The number of rotatable bonds is 5. The van der Waals surface area contributed by atoms with Crippen LogP contribution in [0.5, 0.6) is 11.5 Å². The molecule has 0 amide bonds. The molecule has 0 radical (unpaired) electrons. The Morgan fingerprint density at radius 1 is 0.926 bits per heavy atom. The van der Waals surface area contributed by atoms with E-state index in [1.165, 1.54) is 0 Å². The van der Waals surface area contributed by atoms with Gasteiger partial charge in [0, 0.05) is 17.4 Å². The summed E-state index contributed by atoms with van der Waals surface area (Å²) >= 11 is 0. The highest BCUT2D eigenvalue weighted by Crippen LogP contribution is 2.40. The zero-order valence-electron chi connectivity index (χ0n) is 15.3.